The van der Waals surface area contributed by atoms with Gasteiger partial charge in [0.1, 0.15) is 66.2 Å². The summed E-state index contributed by atoms with van der Waals surface area (Å²) in [6.45, 7) is 0.737. The highest BCUT2D eigenvalue weighted by Gasteiger charge is 2.39. The summed E-state index contributed by atoms with van der Waals surface area (Å²) in [6, 6.07) is 5.07. The van der Waals surface area contributed by atoms with Crippen LogP contribution in [0, 0.1) is 0 Å². The molecule has 3 aliphatic rings. The second-order valence-corrected chi connectivity index (χ2v) is 30.5. The van der Waals surface area contributed by atoms with Gasteiger partial charge in [0.05, 0.1) is 25.6 Å². The number of aliphatic carboxylic acids is 3. The number of carboxylic acid groups (broad SMARTS) is 3. The lowest BCUT2D eigenvalue weighted by Crippen LogP contribution is -2.62. The van der Waals surface area contributed by atoms with Crippen LogP contribution < -0.4 is 81.0 Å². The molecular weight excluding hydrogens is 1560 g/mol. The average Bonchev–Trinajstić information content (AvgIpc) is 1.75. The number of unbranched alkanes of at least 4 members (excludes halogenated alkanes) is 1. The van der Waals surface area contributed by atoms with E-state index in [1.54, 1.807) is 0 Å². The Kier molecular flexibility index (Phi) is 35.6. The van der Waals surface area contributed by atoms with E-state index < -0.39 is 212 Å². The number of hydrogen-bond donors (Lipinski definition) is 20. The number of nitrogens with one attached hydrogen (secondary N) is 12. The van der Waals surface area contributed by atoms with Crippen LogP contribution in [0.15, 0.2) is 97.1 Å². The zero-order valence-corrected chi connectivity index (χ0v) is 64.9. The van der Waals surface area contributed by atoms with Gasteiger partial charge in [-0.3, -0.25) is 87.1 Å². The minimum absolute atomic E-state index is 0.0158. The van der Waals surface area contributed by atoms with Crippen molar-refractivity contribution < 1.29 is 102 Å². The highest BCUT2D eigenvalue weighted by Crippen LogP contribution is 2.25. The molecule has 0 bridgehead atoms. The molecule has 3 fully saturated rings. The maximum atomic E-state index is 15.6. The Morgan fingerprint density at radius 2 is 1.09 bits per heavy atom. The van der Waals surface area contributed by atoms with Gasteiger partial charge < -0.3 is 101 Å². The number of rotatable bonds is 31. The molecule has 5 unspecified atom stereocenters. The first-order valence-corrected chi connectivity index (χ1v) is 39.4. The number of phenols is 1. The molecule has 0 radical (unpaired) electrons. The Morgan fingerprint density at radius 3 is 1.62 bits per heavy atom. The number of phenolic OH excluding ortho intramolecular Hbond substituents is 1. The topological polar surface area (TPSA) is 606 Å². The first kappa shape index (κ1) is 91.0. The van der Waals surface area contributed by atoms with Crippen LogP contribution in [0.5, 0.6) is 5.75 Å². The third kappa shape index (κ3) is 30.6. The number of urea groups is 2. The lowest BCUT2D eigenvalue weighted by Gasteiger charge is -2.30. The Morgan fingerprint density at radius 1 is 0.574 bits per heavy atom. The van der Waals surface area contributed by atoms with Gasteiger partial charge >= 0.3 is 30.0 Å². The lowest BCUT2D eigenvalue weighted by molar-refractivity contribution is -0.145. The van der Waals surface area contributed by atoms with Crippen molar-refractivity contribution in [2.24, 2.45) is 17.2 Å². The van der Waals surface area contributed by atoms with Gasteiger partial charge in [0.15, 0.2) is 0 Å². The number of aliphatic hydroxyl groups is 1. The molecule has 0 aliphatic carbocycles. The number of imide groups is 1. The Hall–Kier alpha value is -11.2. The van der Waals surface area contributed by atoms with Crippen LogP contribution in [0.3, 0.4) is 0 Å². The number of halogens is 1. The number of nitrogens with two attached hydrogens (primary N) is 3. The third-order valence-electron chi connectivity index (χ3n) is 18.6. The van der Waals surface area contributed by atoms with Crippen LogP contribution in [0.2, 0.25) is 5.02 Å². The number of aromatic hydroxyl groups is 1. The minimum Gasteiger partial charge on any atom is -0.508 e. The molecule has 42 heteroatoms. The molecule has 3 heterocycles. The van der Waals surface area contributed by atoms with Crippen molar-refractivity contribution in [1.29, 1.82) is 0 Å². The van der Waals surface area contributed by atoms with Gasteiger partial charge in [0.25, 0.3) is 0 Å². The van der Waals surface area contributed by atoms with Crippen molar-refractivity contribution >= 4 is 140 Å². The Labute approximate surface area is 672 Å². The van der Waals surface area contributed by atoms with E-state index in [2.05, 4.69) is 58.5 Å². The molecule has 4 aromatic carbocycles. The summed E-state index contributed by atoms with van der Waals surface area (Å²) in [6.07, 6.45) is -4.18. The molecule has 7 rings (SSSR count). The number of amides is 15. The quantitative estimate of drug-likeness (QED) is 0.0176. The normalized spacial score (nSPS) is 21.2. The van der Waals surface area contributed by atoms with E-state index >= 15 is 19.2 Å². The second kappa shape index (κ2) is 45.0. The van der Waals surface area contributed by atoms with Crippen LogP contribution >= 0.6 is 33.2 Å². The van der Waals surface area contributed by atoms with E-state index in [0.717, 1.165) is 28.5 Å². The number of carbonyl (C=O) groups excluding carboxylic acids is 13. The standard InChI is InChI=1S/C73H95ClN18O21S2/c1-39(93)61-70(109)86-55(68(107)82-49(62(76)101)30-43-11-19-47(94)20-12-43)38-115-114-37-54(85-65(104)50(31-40-5-13-44(74)14-6-40)80-57(95)22-21-56(71(110)111)92-28-26-90(35-59(97)98)24-25-91(27-29-92)36-60(99)100)69(108)84-52(33-41-7-15-45(16-8-41)78-64(103)53-34-58(96)88-73(113)87-53)67(106)83-51(32-42-9-17-46(18-10-42)79-72(77)112)66(105)81-48(63(102)89-61)4-2-3-23-75/h5-20,39,48-56,61,93-94H,2-4,21-38,75H2,1H3,(H2,76,101)(H,78,103)(H,80,95)(H,81,105)(H,82,107)(H,83,106)(H,84,108)(H,85,104)(H,86,109)(H,89,102)(H,97,98)(H,99,100)(H,110,111)(H3,77,79,112)(H2,87,88,96,113)/t39-,48?,49-,50+,51-,52?,53+,54?,55?,56?,61+/m1/s1. The summed E-state index contributed by atoms with van der Waals surface area (Å²) in [5.41, 5.74) is 18.8. The smallest absolute Gasteiger partial charge is 0.322 e. The van der Waals surface area contributed by atoms with Gasteiger partial charge in [-0.05, 0) is 110 Å². The predicted molar refractivity (Wildman–Crippen MR) is 419 cm³/mol. The van der Waals surface area contributed by atoms with Crippen LogP contribution in [-0.4, -0.2) is 272 Å². The van der Waals surface area contributed by atoms with E-state index in [-0.39, 0.29) is 106 Å². The monoisotopic (exact) mass is 1660 g/mol. The molecule has 0 spiro atoms. The molecule has 39 nitrogen and oxygen atoms in total. The number of anilines is 2. The van der Waals surface area contributed by atoms with Crippen molar-refractivity contribution in [2.75, 3.05) is 81.0 Å². The van der Waals surface area contributed by atoms with Crippen molar-refractivity contribution in [3.63, 3.8) is 0 Å². The SMILES string of the molecule is C[C@@H](O)[C@@H]1NC(=O)C(CCCCN)NC(=O)[C@@H](Cc2ccc(NC(N)=O)cc2)NC(=O)C(Cc2ccc(NC(=O)[C@@H]3CC(=O)NC(=O)N3)cc2)NC(=O)C(NC(=O)[C@H](Cc2ccc(Cl)cc2)NC(=O)CCC(C(=O)O)N2CCN(CC(=O)O)CCN(CC(=O)O)CC2)CSSCC(C(=O)N[C@H](Cc2ccc(O)cc2)C(N)=O)NC1=O. The fraction of sp³-hybridized carbons (Fsp3) is 0.452. The maximum absolute atomic E-state index is 15.6. The summed E-state index contributed by atoms with van der Waals surface area (Å²) in [5.74, 6) is -15.8. The van der Waals surface area contributed by atoms with E-state index in [1.807, 2.05) is 5.32 Å². The summed E-state index contributed by atoms with van der Waals surface area (Å²) in [7, 11) is 1.61. The number of primary amides is 2. The fourth-order valence-electron chi connectivity index (χ4n) is 12.4. The summed E-state index contributed by atoms with van der Waals surface area (Å²) < 4.78 is 0. The Balaban J connectivity index is 1.30. The Bertz CT molecular complexity index is 4090. The zero-order chi connectivity index (χ0) is 84.0. The molecule has 115 heavy (non-hydrogen) atoms. The van der Waals surface area contributed by atoms with E-state index in [9.17, 15) is 83.1 Å². The molecule has 3 saturated heterocycles. The zero-order valence-electron chi connectivity index (χ0n) is 62.5. The van der Waals surface area contributed by atoms with Gasteiger partial charge in [0.2, 0.25) is 65.0 Å². The number of benzene rings is 4. The molecule has 4 aromatic rings. The summed E-state index contributed by atoms with van der Waals surface area (Å²) in [4.78, 5) is 224. The summed E-state index contributed by atoms with van der Waals surface area (Å²) >= 11 is 6.28. The first-order chi connectivity index (χ1) is 54.7. The first-order valence-electron chi connectivity index (χ1n) is 36.6. The third-order valence-corrected chi connectivity index (χ3v) is 21.3. The molecular formula is C73H95ClN18O21S2. The van der Waals surface area contributed by atoms with Crippen molar-refractivity contribution in [3.05, 3.63) is 124 Å². The molecule has 0 aromatic heterocycles. The number of carboxylic acids is 3. The predicted octanol–water partition coefficient (Wildman–Crippen LogP) is -3.07. The van der Waals surface area contributed by atoms with E-state index in [1.165, 1.54) is 112 Å². The molecule has 3 aliphatic heterocycles. The van der Waals surface area contributed by atoms with Gasteiger partial charge in [-0.25, -0.2) is 9.59 Å². The van der Waals surface area contributed by atoms with Crippen LogP contribution in [0.25, 0.3) is 0 Å². The molecule has 15 amide bonds. The van der Waals surface area contributed by atoms with Crippen molar-refractivity contribution in [2.45, 2.75) is 138 Å². The van der Waals surface area contributed by atoms with E-state index in [4.69, 9.17) is 28.8 Å². The highest BCUT2D eigenvalue weighted by atomic mass is 35.5. The lowest BCUT2D eigenvalue weighted by atomic mass is 10.0. The number of hydrogen-bond acceptors (Lipinski definition) is 24. The van der Waals surface area contributed by atoms with Crippen molar-refractivity contribution in [3.8, 4) is 5.75 Å². The number of aliphatic hydroxyl groups excluding tert-OH is 1. The largest absolute Gasteiger partial charge is 0.508 e. The number of carbonyl (C=O) groups is 16. The molecule has 0 saturated carbocycles. The average molecular weight is 1660 g/mol. The van der Waals surface area contributed by atoms with Crippen LogP contribution in [-0.2, 0) is 92.8 Å². The van der Waals surface area contributed by atoms with Gasteiger partial charge in [-0.2, -0.15) is 0 Å². The highest BCUT2D eigenvalue weighted by molar-refractivity contribution is 8.76. The maximum Gasteiger partial charge on any atom is 0.322 e. The van der Waals surface area contributed by atoms with Crippen LogP contribution in [0.4, 0.5) is 21.0 Å². The number of nitrogens with zero attached hydrogens (tertiary/aromatic N) is 3. The molecule has 11 atom stereocenters. The van der Waals surface area contributed by atoms with Gasteiger partial charge in [-0.1, -0.05) is 81.7 Å². The van der Waals surface area contributed by atoms with Crippen LogP contribution in [0.1, 0.15) is 67.7 Å². The fourth-order valence-corrected chi connectivity index (χ4v) is 14.9. The molecule has 23 N–H and O–H groups in total. The summed E-state index contributed by atoms with van der Waals surface area (Å²) in [5, 5.41) is 81.8. The van der Waals surface area contributed by atoms with Gasteiger partial charge in [0, 0.05) is 99.3 Å². The molecule has 622 valence electrons. The van der Waals surface area contributed by atoms with E-state index in [0.29, 0.717) is 23.1 Å². The van der Waals surface area contributed by atoms with Gasteiger partial charge in [-0.15, -0.1) is 0 Å². The second-order valence-electron chi connectivity index (χ2n) is 27.5. The minimum atomic E-state index is -1.89. The van der Waals surface area contributed by atoms with Crippen molar-refractivity contribution in [1.82, 2.24) is 67.9 Å².